The van der Waals surface area contributed by atoms with E-state index >= 15 is 0 Å². The van der Waals surface area contributed by atoms with E-state index in [2.05, 4.69) is 10.6 Å². The fourth-order valence-electron chi connectivity index (χ4n) is 5.17. The van der Waals surface area contributed by atoms with Gasteiger partial charge in [0.2, 0.25) is 0 Å². The first kappa shape index (κ1) is 31.6. The number of ether oxygens (including phenoxy) is 1. The monoisotopic (exact) mass is 569 g/mol. The molecule has 1 aliphatic heterocycles. The number of rotatable bonds is 12. The molecule has 0 aliphatic carbocycles. The van der Waals surface area contributed by atoms with Crippen LogP contribution in [0.1, 0.15) is 54.9 Å². The lowest BCUT2D eigenvalue weighted by molar-refractivity contribution is -0.791. The van der Waals surface area contributed by atoms with Crippen molar-refractivity contribution in [3.8, 4) is 0 Å². The predicted octanol–water partition coefficient (Wildman–Crippen LogP) is 3.97. The van der Waals surface area contributed by atoms with Gasteiger partial charge in [0.25, 0.3) is 5.91 Å². The number of urea groups is 1. The lowest BCUT2D eigenvalue weighted by Crippen LogP contribution is -2.63. The molecule has 1 fully saturated rings. The Kier molecular flexibility index (Phi) is 11.7. The van der Waals surface area contributed by atoms with Crippen molar-refractivity contribution < 1.29 is 38.6 Å². The highest BCUT2D eigenvalue weighted by molar-refractivity contribution is 5.94. The average Bonchev–Trinajstić information content (AvgIpc) is 3.37. The molecule has 41 heavy (non-hydrogen) atoms. The lowest BCUT2D eigenvalue weighted by atomic mass is 10.0. The predicted molar refractivity (Wildman–Crippen MR) is 152 cm³/mol. The summed E-state index contributed by atoms with van der Waals surface area (Å²) in [6, 6.07) is 16.3. The van der Waals surface area contributed by atoms with E-state index in [0.717, 1.165) is 5.56 Å². The number of amides is 5. The zero-order valence-corrected chi connectivity index (χ0v) is 23.7. The van der Waals surface area contributed by atoms with E-state index in [-0.39, 0.29) is 31.6 Å². The minimum absolute atomic E-state index is 0.150. The molecule has 3 rings (SSSR count). The van der Waals surface area contributed by atoms with Crippen LogP contribution in [-0.4, -0.2) is 88.6 Å². The third-order valence-electron chi connectivity index (χ3n) is 7.60. The Hall–Kier alpha value is -3.96. The van der Waals surface area contributed by atoms with Gasteiger partial charge in [0.1, 0.15) is 12.6 Å². The maximum absolute atomic E-state index is 13.3. The summed E-state index contributed by atoms with van der Waals surface area (Å²) in [6.07, 6.45) is -0.142. The molecule has 2 aromatic rings. The molecular formula is C30H41N4O7+. The normalized spacial score (nSPS) is 19.5. The van der Waals surface area contributed by atoms with E-state index in [1.807, 2.05) is 30.3 Å². The fourth-order valence-corrected chi connectivity index (χ4v) is 5.17. The van der Waals surface area contributed by atoms with Crippen LogP contribution >= 0.6 is 0 Å². The van der Waals surface area contributed by atoms with Gasteiger partial charge in [-0.2, -0.15) is 4.79 Å². The van der Waals surface area contributed by atoms with Crippen molar-refractivity contribution in [3.63, 3.8) is 0 Å². The van der Waals surface area contributed by atoms with Gasteiger partial charge in [-0.25, -0.2) is 9.59 Å². The van der Waals surface area contributed by atoms with E-state index in [0.29, 0.717) is 44.2 Å². The molecule has 0 saturated carbocycles. The van der Waals surface area contributed by atoms with Gasteiger partial charge in [-0.3, -0.25) is 9.69 Å². The van der Waals surface area contributed by atoms with Crippen LogP contribution in [0.2, 0.25) is 0 Å². The minimum atomic E-state index is -1.20. The van der Waals surface area contributed by atoms with Crippen LogP contribution < -0.4 is 10.6 Å². The summed E-state index contributed by atoms with van der Waals surface area (Å²) >= 11 is 0. The maximum Gasteiger partial charge on any atom is 0.523 e. The number of likely N-dealkylation sites (tertiary alicyclic amines) is 1. The number of quaternary nitrogens is 1. The molecule has 11 heteroatoms. The number of nitrogens with one attached hydrogen (secondary N) is 2. The molecule has 3 unspecified atom stereocenters. The average molecular weight is 570 g/mol. The highest BCUT2D eigenvalue weighted by Gasteiger charge is 2.54. The molecular weight excluding hydrogens is 528 g/mol. The summed E-state index contributed by atoms with van der Waals surface area (Å²) in [6.45, 7) is 2.31. The topological polar surface area (TPSA) is 145 Å². The Morgan fingerprint density at radius 3 is 2.32 bits per heavy atom. The third kappa shape index (κ3) is 8.51. The summed E-state index contributed by atoms with van der Waals surface area (Å²) in [5.41, 5.74) is 1.31. The van der Waals surface area contributed by atoms with Crippen LogP contribution in [-0.2, 0) is 11.3 Å². The van der Waals surface area contributed by atoms with E-state index in [4.69, 9.17) is 4.74 Å². The number of aliphatic hydroxyl groups is 1. The molecule has 0 radical (unpaired) electrons. The van der Waals surface area contributed by atoms with Crippen LogP contribution in [0, 0.1) is 0 Å². The number of likely N-dealkylation sites (N-methyl/N-ethyl adjacent to an activating group) is 1. The molecule has 1 aliphatic rings. The van der Waals surface area contributed by atoms with Crippen LogP contribution in [0.15, 0.2) is 60.7 Å². The Labute approximate surface area is 240 Å². The van der Waals surface area contributed by atoms with Crippen LogP contribution in [0.25, 0.3) is 0 Å². The first-order valence-corrected chi connectivity index (χ1v) is 14.0. The molecule has 2 aromatic carbocycles. The van der Waals surface area contributed by atoms with Crippen molar-refractivity contribution in [2.75, 3.05) is 26.7 Å². The first-order chi connectivity index (χ1) is 19.6. The van der Waals surface area contributed by atoms with Crippen LogP contribution in [0.5, 0.6) is 0 Å². The number of carbonyl (C=O) groups is 4. The standard InChI is InChI=1S/C30H40N4O7/c1-22-12-11-19-34(22,30(39)40)29(38)33(2)20-26(35)25(32-27(36)24-15-7-4-8-16-24)17-9-10-18-31-28(37)41-21-23-13-5-3-6-14-23/h3-8,13-16,22,25-26,35H,9-12,17-21H2,1-2H3,(H2-,31,32,36,37,39,40)/p+1/t22-,25?,26?,34?/m1/s1. The molecule has 4 atom stereocenters. The van der Waals surface area contributed by atoms with E-state index in [9.17, 15) is 29.4 Å². The highest BCUT2D eigenvalue weighted by atomic mass is 16.5. The number of carboxylic acid groups (broad SMARTS) is 1. The number of alkyl carbamates (subject to hydrolysis) is 1. The fraction of sp³-hybridized carbons (Fsp3) is 0.467. The number of unbranched alkanes of at least 4 members (excludes halogenated alkanes) is 1. The Bertz CT molecular complexity index is 1160. The van der Waals surface area contributed by atoms with Crippen molar-refractivity contribution in [3.05, 3.63) is 71.8 Å². The number of aliphatic hydroxyl groups excluding tert-OH is 1. The van der Waals surface area contributed by atoms with Crippen LogP contribution in [0.3, 0.4) is 0 Å². The molecule has 0 aromatic heterocycles. The van der Waals surface area contributed by atoms with Gasteiger partial charge in [0.05, 0.1) is 25.2 Å². The van der Waals surface area contributed by atoms with Gasteiger partial charge in [0, 0.05) is 32.0 Å². The summed E-state index contributed by atoms with van der Waals surface area (Å²) in [4.78, 5) is 51.6. The van der Waals surface area contributed by atoms with Crippen molar-refractivity contribution in [1.29, 1.82) is 0 Å². The van der Waals surface area contributed by atoms with Crippen molar-refractivity contribution in [1.82, 2.24) is 15.5 Å². The summed E-state index contributed by atoms with van der Waals surface area (Å²) in [5, 5.41) is 26.6. The van der Waals surface area contributed by atoms with Crippen molar-refractivity contribution in [2.45, 2.75) is 63.8 Å². The molecule has 222 valence electrons. The Balaban J connectivity index is 1.55. The van der Waals surface area contributed by atoms with Gasteiger partial charge in [-0.05, 0) is 43.9 Å². The quantitative estimate of drug-likeness (QED) is 0.224. The van der Waals surface area contributed by atoms with Gasteiger partial charge in [-0.1, -0.05) is 48.5 Å². The third-order valence-corrected chi connectivity index (χ3v) is 7.60. The molecule has 0 spiro atoms. The van der Waals surface area contributed by atoms with Gasteiger partial charge < -0.3 is 25.6 Å². The van der Waals surface area contributed by atoms with E-state index < -0.39 is 34.8 Å². The maximum atomic E-state index is 13.3. The van der Waals surface area contributed by atoms with Gasteiger partial charge >= 0.3 is 18.2 Å². The molecule has 1 saturated heterocycles. The highest BCUT2D eigenvalue weighted by Crippen LogP contribution is 2.29. The largest absolute Gasteiger partial charge is 0.523 e. The number of carbonyl (C=O) groups excluding carboxylic acids is 3. The zero-order chi connectivity index (χ0) is 29.8. The SMILES string of the molecule is C[C@@H]1CCC[N+]1(C(=O)O)C(=O)N(C)CC(O)C(CCCCNC(=O)OCc1ccccc1)NC(=O)c1ccccc1. The van der Waals surface area contributed by atoms with Crippen molar-refractivity contribution in [2.24, 2.45) is 0 Å². The summed E-state index contributed by atoms with van der Waals surface area (Å²) < 4.78 is 4.51. The summed E-state index contributed by atoms with van der Waals surface area (Å²) in [5.74, 6) is -0.367. The molecule has 4 N–H and O–H groups in total. The molecule has 0 bridgehead atoms. The second kappa shape index (κ2) is 15.2. The summed E-state index contributed by atoms with van der Waals surface area (Å²) in [7, 11) is 1.47. The smallest absolute Gasteiger partial charge is 0.445 e. The molecule has 1 heterocycles. The van der Waals surface area contributed by atoms with E-state index in [1.54, 1.807) is 37.3 Å². The zero-order valence-electron chi connectivity index (χ0n) is 23.7. The number of imide groups is 1. The second-order valence-electron chi connectivity index (χ2n) is 10.5. The molecule has 5 amide bonds. The number of hydrogen-bond acceptors (Lipinski definition) is 6. The van der Waals surface area contributed by atoms with Crippen molar-refractivity contribution >= 4 is 24.1 Å². The minimum Gasteiger partial charge on any atom is -0.445 e. The number of benzene rings is 2. The Morgan fingerprint density at radius 1 is 1.05 bits per heavy atom. The second-order valence-corrected chi connectivity index (χ2v) is 10.5. The molecule has 11 nitrogen and oxygen atoms in total. The number of nitrogens with zero attached hydrogens (tertiary/aromatic N) is 2. The first-order valence-electron chi connectivity index (χ1n) is 14.0. The Morgan fingerprint density at radius 2 is 1.71 bits per heavy atom. The van der Waals surface area contributed by atoms with E-state index in [1.165, 1.54) is 11.9 Å². The van der Waals surface area contributed by atoms with Gasteiger partial charge in [-0.15, -0.1) is 4.48 Å². The lowest BCUT2D eigenvalue weighted by Gasteiger charge is -2.34. The van der Waals surface area contributed by atoms with Gasteiger partial charge in [0.15, 0.2) is 0 Å². The van der Waals surface area contributed by atoms with Crippen LogP contribution in [0.4, 0.5) is 14.4 Å². The number of hydrogen-bond donors (Lipinski definition) is 4.